The van der Waals surface area contributed by atoms with Gasteiger partial charge in [0, 0.05) is 21.9 Å². The van der Waals surface area contributed by atoms with Gasteiger partial charge < -0.3 is 0 Å². The normalized spacial score (nSPS) is 14.8. The number of nitrogens with zero attached hydrogens (tertiary/aromatic N) is 2. The fourth-order valence-electron chi connectivity index (χ4n) is 1.12. The molecule has 1 aromatic rings. The maximum atomic E-state index is 11.1. The average molecular weight is 265 g/mol. The third-order valence-corrected chi connectivity index (χ3v) is 1.69. The van der Waals surface area contributed by atoms with Crippen molar-refractivity contribution in [3.05, 3.63) is 46.5 Å². The van der Waals surface area contributed by atoms with Crippen molar-refractivity contribution in [3.8, 4) is 0 Å². The summed E-state index contributed by atoms with van der Waals surface area (Å²) in [6, 6.07) is 6.65. The Morgan fingerprint density at radius 2 is 1.24 bits per heavy atom. The van der Waals surface area contributed by atoms with Crippen LogP contribution in [0.1, 0.15) is 0 Å². The van der Waals surface area contributed by atoms with Gasteiger partial charge in [0.2, 0.25) is 0 Å². The van der Waals surface area contributed by atoms with Crippen molar-refractivity contribution in [1.82, 2.24) is 0 Å². The van der Waals surface area contributed by atoms with Gasteiger partial charge in [-0.2, -0.15) is 0 Å². The van der Waals surface area contributed by atoms with Crippen LogP contribution in [0.15, 0.2) is 36.7 Å². The standard InChI is InChI=1S/C8H6N2O2.ClH3O4/c11-9-5-6-10(12)8-4-2-1-3-7(8)9;2-1(3,4)5/h1-6H;2-4H/q+2;. The van der Waals surface area contributed by atoms with E-state index in [1.807, 2.05) is 0 Å². The molecule has 1 aliphatic rings. The van der Waals surface area contributed by atoms with Crippen LogP contribution in [-0.4, -0.2) is 23.5 Å². The first-order chi connectivity index (χ1) is 7.79. The molecule has 2 rings (SSSR count). The SMILES string of the molecule is O=[N+]1C=C[N+](=O)c2ccccc21.[O-][Cl+](O)(O)O. The van der Waals surface area contributed by atoms with E-state index in [4.69, 9.17) is 18.6 Å². The molecule has 1 heterocycles. The molecule has 0 radical (unpaired) electrons. The van der Waals surface area contributed by atoms with Gasteiger partial charge in [-0.15, -0.1) is 0 Å². The van der Waals surface area contributed by atoms with Gasteiger partial charge in [0.05, 0.1) is 9.52 Å². The van der Waals surface area contributed by atoms with Crippen molar-refractivity contribution < 1.29 is 38.4 Å². The van der Waals surface area contributed by atoms with Gasteiger partial charge in [-0.05, 0) is 0 Å². The molecule has 0 bridgehead atoms. The summed E-state index contributed by atoms with van der Waals surface area (Å²) in [5.74, 6) is 0. The monoisotopic (exact) mass is 264 g/mol. The Morgan fingerprint density at radius 3 is 1.53 bits per heavy atom. The predicted molar refractivity (Wildman–Crippen MR) is 48.8 cm³/mol. The van der Waals surface area contributed by atoms with Crippen molar-refractivity contribution in [2.45, 2.75) is 0 Å². The second kappa shape index (κ2) is 5.08. The number of benzene rings is 1. The third-order valence-electron chi connectivity index (χ3n) is 1.69. The molecule has 0 saturated heterocycles. The van der Waals surface area contributed by atoms with Crippen LogP contribution < -0.4 is 4.66 Å². The zero-order valence-electron chi connectivity index (χ0n) is 8.30. The number of hydrogen-bond donors (Lipinski definition) is 3. The van der Waals surface area contributed by atoms with Gasteiger partial charge in [0.15, 0.2) is 0 Å². The maximum absolute atomic E-state index is 11.1. The van der Waals surface area contributed by atoms with Gasteiger partial charge in [0.1, 0.15) is 0 Å². The Balaban J connectivity index is 0.000000249. The summed E-state index contributed by atoms with van der Waals surface area (Å²) in [5.41, 5.74) is 0.769. The van der Waals surface area contributed by atoms with E-state index in [2.05, 4.69) is 0 Å². The zero-order valence-corrected chi connectivity index (χ0v) is 9.06. The van der Waals surface area contributed by atoms with Gasteiger partial charge >= 0.3 is 40.3 Å². The Morgan fingerprint density at radius 1 is 0.941 bits per heavy atom. The topological polar surface area (TPSA) is 124 Å². The van der Waals surface area contributed by atoms with Crippen LogP contribution in [0.25, 0.3) is 0 Å². The van der Waals surface area contributed by atoms with Gasteiger partial charge in [0.25, 0.3) is 12.4 Å². The van der Waals surface area contributed by atoms with Crippen molar-refractivity contribution in [2.75, 3.05) is 0 Å². The van der Waals surface area contributed by atoms with Crippen LogP contribution in [0, 0.1) is 20.1 Å². The van der Waals surface area contributed by atoms with Crippen molar-refractivity contribution in [2.24, 2.45) is 0 Å². The number of para-hydroxylation sites is 2. The molecule has 3 N–H and O–H groups in total. The molecule has 9 heteroatoms. The number of nitroso groups, excluding NO2 is 2. The fraction of sp³-hybridized carbons (Fsp3) is 0. The first kappa shape index (κ1) is 13.4. The predicted octanol–water partition coefficient (Wildman–Crippen LogP) is -0.868. The minimum atomic E-state index is -4.19. The Bertz CT molecular complexity index is 438. The summed E-state index contributed by atoms with van der Waals surface area (Å²) >= 11 is 0. The zero-order chi connectivity index (χ0) is 13.1. The quantitative estimate of drug-likeness (QED) is 0.523. The Kier molecular flexibility index (Phi) is 3.99. The molecule has 8 nitrogen and oxygen atoms in total. The van der Waals surface area contributed by atoms with Crippen LogP contribution >= 0.6 is 0 Å². The molecule has 0 saturated carbocycles. The van der Waals surface area contributed by atoms with Crippen molar-refractivity contribution in [1.29, 1.82) is 0 Å². The summed E-state index contributed by atoms with van der Waals surface area (Å²) in [5, 5.41) is 0. The second-order valence-corrected chi connectivity index (χ2v) is 3.74. The van der Waals surface area contributed by atoms with Crippen LogP contribution in [-0.2, 0) is 0 Å². The van der Waals surface area contributed by atoms with E-state index in [0.29, 0.717) is 20.9 Å². The van der Waals surface area contributed by atoms with E-state index < -0.39 is 10.2 Å². The second-order valence-electron chi connectivity index (χ2n) is 2.87. The molecular weight excluding hydrogens is 256 g/mol. The molecule has 0 amide bonds. The molecule has 0 spiro atoms. The van der Waals surface area contributed by atoms with Gasteiger partial charge in [-0.3, -0.25) is 0 Å². The molecule has 1 aromatic carbocycles. The van der Waals surface area contributed by atoms with Gasteiger partial charge in [-0.25, -0.2) is 0 Å². The molecule has 0 aliphatic carbocycles. The summed E-state index contributed by atoms with van der Waals surface area (Å²) in [6.07, 6.45) is 2.38. The first-order valence-corrected chi connectivity index (χ1v) is 5.47. The van der Waals surface area contributed by atoms with E-state index in [1.165, 1.54) is 12.4 Å². The van der Waals surface area contributed by atoms with E-state index in [1.54, 1.807) is 24.3 Å². The minimum absolute atomic E-state index is 0.384. The first-order valence-electron chi connectivity index (χ1n) is 4.15. The van der Waals surface area contributed by atoms with Crippen LogP contribution in [0.2, 0.25) is 0 Å². The van der Waals surface area contributed by atoms with E-state index >= 15 is 0 Å². The van der Waals surface area contributed by atoms with Crippen LogP contribution in [0.3, 0.4) is 0 Å². The Hall–Kier alpha value is -1.71. The summed E-state index contributed by atoms with van der Waals surface area (Å²) in [7, 11) is -4.19. The summed E-state index contributed by atoms with van der Waals surface area (Å²) < 4.78 is 31.6. The molecule has 0 unspecified atom stereocenters. The average Bonchev–Trinajstić information content (AvgIpc) is 2.22. The van der Waals surface area contributed by atoms with Crippen molar-refractivity contribution in [3.63, 3.8) is 0 Å². The number of fused-ring (bicyclic) bond motifs is 1. The van der Waals surface area contributed by atoms with Crippen LogP contribution in [0.4, 0.5) is 11.4 Å². The van der Waals surface area contributed by atoms with E-state index in [-0.39, 0.29) is 0 Å². The molecule has 17 heavy (non-hydrogen) atoms. The van der Waals surface area contributed by atoms with Crippen LogP contribution in [0.5, 0.6) is 0 Å². The molecule has 0 atom stereocenters. The fourth-order valence-corrected chi connectivity index (χ4v) is 1.12. The number of hydrogen-bond acceptors (Lipinski definition) is 6. The summed E-state index contributed by atoms with van der Waals surface area (Å²) in [6.45, 7) is 0. The van der Waals surface area contributed by atoms with E-state index in [0.717, 1.165) is 0 Å². The molecule has 0 aromatic heterocycles. The molecular formula is C8H9ClN2O6+2. The van der Waals surface area contributed by atoms with Crippen molar-refractivity contribution >= 4 is 11.4 Å². The number of rotatable bonds is 0. The Labute approximate surface area is 96.9 Å². The van der Waals surface area contributed by atoms with E-state index in [9.17, 15) is 9.81 Å². The molecule has 1 aliphatic heterocycles. The van der Waals surface area contributed by atoms with Gasteiger partial charge in [-0.1, -0.05) is 12.1 Å². The number of halogens is 1. The molecule has 92 valence electrons. The summed E-state index contributed by atoms with van der Waals surface area (Å²) in [4.78, 5) is 22.2. The third kappa shape index (κ3) is 4.34. The molecule has 0 fully saturated rings.